The minimum Gasteiger partial charge on any atom is -0.329 e. The second kappa shape index (κ2) is 19.7. The quantitative estimate of drug-likeness (QED) is 0.289. The summed E-state index contributed by atoms with van der Waals surface area (Å²) in [5.41, 5.74) is 11.2. The summed E-state index contributed by atoms with van der Waals surface area (Å²) in [7, 11) is 0. The highest BCUT2D eigenvalue weighted by Crippen LogP contribution is 2.10. The Bertz CT molecular complexity index is 235. The summed E-state index contributed by atoms with van der Waals surface area (Å²) in [6.07, 6.45) is 21.0. The molecule has 0 aromatic carbocycles. The third-order valence-corrected chi connectivity index (χ3v) is 4.38. The van der Waals surface area contributed by atoms with Crippen LogP contribution in [0, 0.1) is 0 Å². The number of rotatable bonds is 18. The molecule has 0 fully saturated rings. The fourth-order valence-electron chi connectivity index (χ4n) is 2.93. The van der Waals surface area contributed by atoms with Crippen LogP contribution in [0.4, 0.5) is 0 Å². The fourth-order valence-corrected chi connectivity index (χ4v) is 2.93. The number of allylic oxidation sites excluding steroid dienone is 2. The van der Waals surface area contributed by atoms with E-state index in [1.165, 1.54) is 77.0 Å². The number of hydrogen-bond donors (Lipinski definition) is 2. The molecule has 3 nitrogen and oxygen atoms in total. The maximum atomic E-state index is 5.62. The van der Waals surface area contributed by atoms with Gasteiger partial charge in [-0.3, -0.25) is 0 Å². The van der Waals surface area contributed by atoms with Gasteiger partial charge in [0.05, 0.1) is 0 Å². The third-order valence-electron chi connectivity index (χ3n) is 4.38. The van der Waals surface area contributed by atoms with Crippen LogP contribution in [0.25, 0.3) is 0 Å². The first-order valence-electron chi connectivity index (χ1n) is 10.1. The number of nitrogens with two attached hydrogens (primary N) is 2. The molecule has 0 amide bonds. The van der Waals surface area contributed by atoms with Crippen LogP contribution in [0.2, 0.25) is 0 Å². The molecule has 0 saturated heterocycles. The Labute approximate surface area is 145 Å². The molecular weight excluding hydrogens is 282 g/mol. The number of unbranched alkanes of at least 4 members (excludes halogenated alkanes) is 10. The van der Waals surface area contributed by atoms with E-state index in [-0.39, 0.29) is 0 Å². The van der Waals surface area contributed by atoms with E-state index in [1.54, 1.807) is 0 Å². The van der Waals surface area contributed by atoms with E-state index in [2.05, 4.69) is 24.0 Å². The molecule has 0 bridgehead atoms. The molecule has 0 aliphatic heterocycles. The van der Waals surface area contributed by atoms with Crippen molar-refractivity contribution in [1.82, 2.24) is 4.90 Å². The van der Waals surface area contributed by atoms with Crippen LogP contribution in [0.5, 0.6) is 0 Å². The number of nitrogens with zero attached hydrogens (tertiary/aromatic N) is 1. The van der Waals surface area contributed by atoms with E-state index in [0.717, 1.165) is 32.7 Å². The molecule has 0 aliphatic carbocycles. The highest BCUT2D eigenvalue weighted by Gasteiger charge is 2.01. The molecule has 23 heavy (non-hydrogen) atoms. The number of hydrogen-bond acceptors (Lipinski definition) is 3. The van der Waals surface area contributed by atoms with Gasteiger partial charge >= 0.3 is 0 Å². The zero-order valence-corrected chi connectivity index (χ0v) is 15.8. The zero-order chi connectivity index (χ0) is 17.0. The molecule has 0 radical (unpaired) electrons. The lowest BCUT2D eigenvalue weighted by Gasteiger charge is -2.20. The second-order valence-electron chi connectivity index (χ2n) is 6.65. The summed E-state index contributed by atoms with van der Waals surface area (Å²) in [5.74, 6) is 0. The molecule has 0 atom stereocenters. The molecule has 0 heterocycles. The average Bonchev–Trinajstić information content (AvgIpc) is 2.55. The summed E-state index contributed by atoms with van der Waals surface area (Å²) in [4.78, 5) is 2.38. The van der Waals surface area contributed by atoms with Crippen molar-refractivity contribution in [2.75, 3.05) is 32.7 Å². The van der Waals surface area contributed by atoms with Gasteiger partial charge in [0.15, 0.2) is 0 Å². The Morgan fingerprint density at radius 3 is 1.61 bits per heavy atom. The summed E-state index contributed by atoms with van der Waals surface area (Å²) in [6, 6.07) is 0. The van der Waals surface area contributed by atoms with Crippen molar-refractivity contribution in [3.8, 4) is 0 Å². The lowest BCUT2D eigenvalue weighted by molar-refractivity contribution is 0.283. The van der Waals surface area contributed by atoms with Crippen molar-refractivity contribution >= 4 is 0 Å². The van der Waals surface area contributed by atoms with Gasteiger partial charge in [0, 0.05) is 26.2 Å². The molecular formula is C20H43N3. The van der Waals surface area contributed by atoms with Crippen LogP contribution < -0.4 is 11.5 Å². The first-order chi connectivity index (χ1) is 11.3. The molecule has 0 saturated carbocycles. The molecule has 0 aromatic heterocycles. The van der Waals surface area contributed by atoms with E-state index in [1.807, 2.05) is 0 Å². The van der Waals surface area contributed by atoms with Gasteiger partial charge in [-0.05, 0) is 38.6 Å². The van der Waals surface area contributed by atoms with Crippen LogP contribution in [0.1, 0.15) is 84.0 Å². The SMILES string of the molecule is CCCCCCCCCC/C=C/CCCCN(CCN)CCN. The van der Waals surface area contributed by atoms with Crippen LogP contribution in [0.15, 0.2) is 12.2 Å². The molecule has 0 rings (SSSR count). The standard InChI is InChI=1S/C20H43N3/c1-2-3-4-5-6-7-8-9-10-11-12-13-14-15-18-23(19-16-21)20-17-22/h11-12H,2-10,13-22H2,1H3/b12-11+. The predicted octanol–water partition coefficient (Wildman–Crippen LogP) is 4.46. The van der Waals surface area contributed by atoms with Crippen molar-refractivity contribution in [2.45, 2.75) is 84.0 Å². The lowest BCUT2D eigenvalue weighted by Crippen LogP contribution is -2.34. The fraction of sp³-hybridized carbons (Fsp3) is 0.900. The highest BCUT2D eigenvalue weighted by atomic mass is 15.1. The van der Waals surface area contributed by atoms with E-state index < -0.39 is 0 Å². The van der Waals surface area contributed by atoms with Crippen LogP contribution in [0.3, 0.4) is 0 Å². The Morgan fingerprint density at radius 2 is 1.09 bits per heavy atom. The Hall–Kier alpha value is -0.380. The molecule has 0 unspecified atom stereocenters. The van der Waals surface area contributed by atoms with E-state index in [4.69, 9.17) is 11.5 Å². The minimum atomic E-state index is 0.735. The van der Waals surface area contributed by atoms with Crippen LogP contribution >= 0.6 is 0 Å². The maximum absolute atomic E-state index is 5.62. The lowest BCUT2D eigenvalue weighted by atomic mass is 10.1. The van der Waals surface area contributed by atoms with Gasteiger partial charge in [0.2, 0.25) is 0 Å². The van der Waals surface area contributed by atoms with Gasteiger partial charge in [-0.15, -0.1) is 0 Å². The van der Waals surface area contributed by atoms with E-state index in [9.17, 15) is 0 Å². The Morgan fingerprint density at radius 1 is 0.609 bits per heavy atom. The Kier molecular flexibility index (Phi) is 19.3. The van der Waals surface area contributed by atoms with E-state index >= 15 is 0 Å². The van der Waals surface area contributed by atoms with Gasteiger partial charge in [-0.2, -0.15) is 0 Å². The van der Waals surface area contributed by atoms with Gasteiger partial charge in [0.1, 0.15) is 0 Å². The minimum absolute atomic E-state index is 0.735. The normalized spacial score (nSPS) is 11.8. The largest absolute Gasteiger partial charge is 0.329 e. The van der Waals surface area contributed by atoms with Gasteiger partial charge in [0.25, 0.3) is 0 Å². The molecule has 0 aliphatic rings. The van der Waals surface area contributed by atoms with E-state index in [0.29, 0.717) is 0 Å². The summed E-state index contributed by atoms with van der Waals surface area (Å²) in [5, 5.41) is 0. The molecule has 0 aromatic rings. The summed E-state index contributed by atoms with van der Waals surface area (Å²) in [6.45, 7) is 6.84. The Balaban J connectivity index is 3.27. The second-order valence-corrected chi connectivity index (χ2v) is 6.65. The molecule has 4 N–H and O–H groups in total. The molecule has 138 valence electrons. The van der Waals surface area contributed by atoms with Crippen molar-refractivity contribution in [2.24, 2.45) is 11.5 Å². The highest BCUT2D eigenvalue weighted by molar-refractivity contribution is 4.81. The average molecular weight is 326 g/mol. The monoisotopic (exact) mass is 325 g/mol. The van der Waals surface area contributed by atoms with Crippen LogP contribution in [-0.4, -0.2) is 37.6 Å². The van der Waals surface area contributed by atoms with Crippen molar-refractivity contribution in [3.63, 3.8) is 0 Å². The molecule has 3 heteroatoms. The van der Waals surface area contributed by atoms with Gasteiger partial charge in [-0.1, -0.05) is 64.0 Å². The maximum Gasteiger partial charge on any atom is 0.0105 e. The third kappa shape index (κ3) is 17.8. The topological polar surface area (TPSA) is 55.3 Å². The van der Waals surface area contributed by atoms with Crippen molar-refractivity contribution < 1.29 is 0 Å². The van der Waals surface area contributed by atoms with Gasteiger partial charge < -0.3 is 16.4 Å². The summed E-state index contributed by atoms with van der Waals surface area (Å²) >= 11 is 0. The van der Waals surface area contributed by atoms with Crippen LogP contribution in [-0.2, 0) is 0 Å². The molecule has 0 spiro atoms. The first kappa shape index (κ1) is 22.6. The van der Waals surface area contributed by atoms with Crippen molar-refractivity contribution in [1.29, 1.82) is 0 Å². The zero-order valence-electron chi connectivity index (χ0n) is 15.8. The van der Waals surface area contributed by atoms with Crippen molar-refractivity contribution in [3.05, 3.63) is 12.2 Å². The first-order valence-corrected chi connectivity index (χ1v) is 10.1. The smallest absolute Gasteiger partial charge is 0.0105 e. The predicted molar refractivity (Wildman–Crippen MR) is 105 cm³/mol. The van der Waals surface area contributed by atoms with Gasteiger partial charge in [-0.25, -0.2) is 0 Å². The summed E-state index contributed by atoms with van der Waals surface area (Å²) < 4.78 is 0.